The number of methoxy groups -OCH3 is 1. The fraction of sp³-hybridized carbons (Fsp3) is 0.652. The van der Waals surface area contributed by atoms with Crippen LogP contribution in [-0.2, 0) is 16.1 Å². The Morgan fingerprint density at radius 1 is 1.07 bits per heavy atom. The Morgan fingerprint density at radius 3 is 2.17 bits per heavy atom. The maximum absolute atomic E-state index is 13.1. The Balaban J connectivity index is 1.90. The van der Waals surface area contributed by atoms with Gasteiger partial charge < -0.3 is 19.7 Å². The van der Waals surface area contributed by atoms with E-state index in [9.17, 15) is 9.59 Å². The normalized spacial score (nSPS) is 16.3. The average molecular weight is 420 g/mol. The molecule has 7 heteroatoms. The molecule has 1 fully saturated rings. The smallest absolute Gasteiger partial charge is 0.408 e. The maximum atomic E-state index is 13.1. The van der Waals surface area contributed by atoms with E-state index < -0.39 is 17.7 Å². The lowest BCUT2D eigenvalue weighted by atomic mass is 10.0. The number of nitrogens with zero attached hydrogens (tertiary/aromatic N) is 2. The van der Waals surface area contributed by atoms with Crippen LogP contribution in [0.1, 0.15) is 46.6 Å². The van der Waals surface area contributed by atoms with E-state index in [1.165, 1.54) is 5.56 Å². The van der Waals surface area contributed by atoms with Gasteiger partial charge in [0.1, 0.15) is 17.4 Å². The van der Waals surface area contributed by atoms with Crippen molar-refractivity contribution in [2.75, 3.05) is 33.3 Å². The van der Waals surface area contributed by atoms with E-state index in [-0.39, 0.29) is 11.8 Å². The van der Waals surface area contributed by atoms with Crippen molar-refractivity contribution >= 4 is 12.0 Å². The summed E-state index contributed by atoms with van der Waals surface area (Å²) < 4.78 is 10.6. The highest BCUT2D eigenvalue weighted by Gasteiger charge is 2.30. The Labute approximate surface area is 180 Å². The molecule has 1 unspecified atom stereocenters. The lowest BCUT2D eigenvalue weighted by molar-refractivity contribution is -0.135. The predicted octanol–water partition coefficient (Wildman–Crippen LogP) is 3.28. The van der Waals surface area contributed by atoms with Crippen molar-refractivity contribution in [2.24, 2.45) is 5.92 Å². The minimum Gasteiger partial charge on any atom is -0.497 e. The second-order valence-electron chi connectivity index (χ2n) is 9.28. The van der Waals surface area contributed by atoms with Crippen LogP contribution in [0, 0.1) is 5.92 Å². The standard InChI is InChI=1S/C23H37N3O4/c1-17(2)15-20(24-22(28)30-23(3,4)5)21(27)26-13-11-25(12-14-26)16-18-7-9-19(29-6)10-8-18/h7-10,17,20H,11-16H2,1-6H3,(H,24,28). The van der Waals surface area contributed by atoms with Crippen molar-refractivity contribution < 1.29 is 19.1 Å². The van der Waals surface area contributed by atoms with E-state index in [0.717, 1.165) is 25.4 Å². The van der Waals surface area contributed by atoms with Crippen LogP contribution in [0.15, 0.2) is 24.3 Å². The molecule has 0 aliphatic carbocycles. The van der Waals surface area contributed by atoms with Crippen molar-refractivity contribution in [2.45, 2.75) is 59.2 Å². The zero-order valence-electron chi connectivity index (χ0n) is 19.2. The van der Waals surface area contributed by atoms with Crippen LogP contribution in [-0.4, -0.2) is 66.7 Å². The molecule has 1 N–H and O–H groups in total. The molecule has 1 aromatic carbocycles. The Hall–Kier alpha value is -2.28. The summed E-state index contributed by atoms with van der Waals surface area (Å²) >= 11 is 0. The highest BCUT2D eigenvalue weighted by Crippen LogP contribution is 2.16. The van der Waals surface area contributed by atoms with Gasteiger partial charge in [-0.1, -0.05) is 26.0 Å². The summed E-state index contributed by atoms with van der Waals surface area (Å²) in [6, 6.07) is 7.51. The fourth-order valence-corrected chi connectivity index (χ4v) is 3.48. The first-order chi connectivity index (χ1) is 14.1. The lowest BCUT2D eigenvalue weighted by Crippen LogP contribution is -2.55. The molecule has 30 heavy (non-hydrogen) atoms. The van der Waals surface area contributed by atoms with Crippen LogP contribution in [0.5, 0.6) is 5.75 Å². The molecule has 1 aliphatic heterocycles. The summed E-state index contributed by atoms with van der Waals surface area (Å²) in [6.07, 6.45) is 0.0454. The third-order valence-electron chi connectivity index (χ3n) is 4.95. The minimum atomic E-state index is -0.595. The molecule has 1 aromatic rings. The van der Waals surface area contributed by atoms with E-state index in [1.54, 1.807) is 7.11 Å². The Bertz CT molecular complexity index is 689. The molecule has 1 aliphatic rings. The van der Waals surface area contributed by atoms with Gasteiger partial charge in [-0.3, -0.25) is 9.69 Å². The van der Waals surface area contributed by atoms with Crippen LogP contribution in [0.2, 0.25) is 0 Å². The first-order valence-corrected chi connectivity index (χ1v) is 10.7. The van der Waals surface area contributed by atoms with Crippen molar-refractivity contribution in [1.29, 1.82) is 0 Å². The zero-order chi connectivity index (χ0) is 22.3. The second kappa shape index (κ2) is 10.7. The molecule has 0 aromatic heterocycles. The van der Waals surface area contributed by atoms with Gasteiger partial charge in [0.05, 0.1) is 7.11 Å². The predicted molar refractivity (Wildman–Crippen MR) is 117 cm³/mol. The van der Waals surface area contributed by atoms with Gasteiger partial charge in [-0.25, -0.2) is 4.79 Å². The third-order valence-corrected chi connectivity index (χ3v) is 4.95. The Morgan fingerprint density at radius 2 is 1.67 bits per heavy atom. The summed E-state index contributed by atoms with van der Waals surface area (Å²) in [7, 11) is 1.66. The molecular formula is C23H37N3O4. The van der Waals surface area contributed by atoms with Gasteiger partial charge in [-0.15, -0.1) is 0 Å². The number of nitrogens with one attached hydrogen (secondary N) is 1. The monoisotopic (exact) mass is 419 g/mol. The summed E-state index contributed by atoms with van der Waals surface area (Å²) in [4.78, 5) is 29.5. The number of alkyl carbamates (subject to hydrolysis) is 1. The molecule has 0 bridgehead atoms. The topological polar surface area (TPSA) is 71.1 Å². The van der Waals surface area contributed by atoms with Crippen molar-refractivity contribution in [3.63, 3.8) is 0 Å². The van der Waals surface area contributed by atoms with Gasteiger partial charge >= 0.3 is 6.09 Å². The number of hydrogen-bond acceptors (Lipinski definition) is 5. The average Bonchev–Trinajstić information content (AvgIpc) is 2.66. The molecule has 0 spiro atoms. The Kier molecular flexibility index (Phi) is 8.53. The first-order valence-electron chi connectivity index (χ1n) is 10.7. The summed E-state index contributed by atoms with van der Waals surface area (Å²) in [5, 5.41) is 2.79. The number of carbonyl (C=O) groups is 2. The molecule has 1 heterocycles. The highest BCUT2D eigenvalue weighted by atomic mass is 16.6. The molecule has 168 valence electrons. The summed E-state index contributed by atoms with van der Waals surface area (Å²) in [6.45, 7) is 13.3. The van der Waals surface area contributed by atoms with Gasteiger partial charge in [-0.2, -0.15) is 0 Å². The number of ether oxygens (including phenoxy) is 2. The molecule has 2 amide bonds. The highest BCUT2D eigenvalue weighted by molar-refractivity contribution is 5.85. The van der Waals surface area contributed by atoms with Crippen LogP contribution >= 0.6 is 0 Å². The van der Waals surface area contributed by atoms with Crippen molar-refractivity contribution in [3.8, 4) is 5.75 Å². The van der Waals surface area contributed by atoms with Crippen LogP contribution in [0.3, 0.4) is 0 Å². The SMILES string of the molecule is COc1ccc(CN2CCN(C(=O)C(CC(C)C)NC(=O)OC(C)(C)C)CC2)cc1. The number of benzene rings is 1. The lowest BCUT2D eigenvalue weighted by Gasteiger charge is -2.37. The minimum absolute atomic E-state index is 0.0290. The van der Waals surface area contributed by atoms with Gasteiger partial charge in [0.25, 0.3) is 0 Å². The molecule has 2 rings (SSSR count). The third kappa shape index (κ3) is 7.86. The fourth-order valence-electron chi connectivity index (χ4n) is 3.48. The summed E-state index contributed by atoms with van der Waals surface area (Å²) in [5.41, 5.74) is 0.627. The number of piperazine rings is 1. The van der Waals surface area contributed by atoms with E-state index in [4.69, 9.17) is 9.47 Å². The molecule has 0 saturated carbocycles. The molecule has 1 saturated heterocycles. The summed E-state index contributed by atoms with van der Waals surface area (Å²) in [5.74, 6) is 1.10. The molecule has 1 atom stereocenters. The quantitative estimate of drug-likeness (QED) is 0.734. The van der Waals surface area contributed by atoms with E-state index in [1.807, 2.05) is 51.7 Å². The number of hydrogen-bond donors (Lipinski definition) is 1. The van der Waals surface area contributed by atoms with Gasteiger partial charge in [0.2, 0.25) is 5.91 Å². The first kappa shape index (κ1) is 24.0. The largest absolute Gasteiger partial charge is 0.497 e. The zero-order valence-corrected chi connectivity index (χ0v) is 19.2. The molecule has 0 radical (unpaired) electrons. The van der Waals surface area contributed by atoms with Crippen molar-refractivity contribution in [3.05, 3.63) is 29.8 Å². The molecule has 7 nitrogen and oxygen atoms in total. The number of amides is 2. The van der Waals surface area contributed by atoms with Crippen LogP contribution < -0.4 is 10.1 Å². The van der Waals surface area contributed by atoms with Crippen LogP contribution in [0.4, 0.5) is 4.79 Å². The van der Waals surface area contributed by atoms with E-state index >= 15 is 0 Å². The van der Waals surface area contributed by atoms with Gasteiger partial charge in [0, 0.05) is 32.7 Å². The maximum Gasteiger partial charge on any atom is 0.408 e. The van der Waals surface area contributed by atoms with Gasteiger partial charge in [-0.05, 0) is 50.8 Å². The second-order valence-corrected chi connectivity index (χ2v) is 9.28. The van der Waals surface area contributed by atoms with E-state index in [2.05, 4.69) is 22.3 Å². The van der Waals surface area contributed by atoms with Gasteiger partial charge in [0.15, 0.2) is 0 Å². The number of rotatable bonds is 7. The van der Waals surface area contributed by atoms with Crippen LogP contribution in [0.25, 0.3) is 0 Å². The molecular weight excluding hydrogens is 382 g/mol. The van der Waals surface area contributed by atoms with Crippen molar-refractivity contribution in [1.82, 2.24) is 15.1 Å². The number of carbonyl (C=O) groups excluding carboxylic acids is 2. The van der Waals surface area contributed by atoms with E-state index in [0.29, 0.717) is 19.5 Å².